The Balaban J connectivity index is 2.45. The summed E-state index contributed by atoms with van der Waals surface area (Å²) < 4.78 is 17.4. The SMILES string of the molecule is Cc1ccc(F)c(C(N)c2snnc2C)c1. The molecule has 1 atom stereocenters. The van der Waals surface area contributed by atoms with E-state index in [0.717, 1.165) is 16.1 Å². The van der Waals surface area contributed by atoms with Crippen LogP contribution in [0.15, 0.2) is 18.2 Å². The van der Waals surface area contributed by atoms with Crippen LogP contribution in [0.1, 0.15) is 27.7 Å². The van der Waals surface area contributed by atoms with Gasteiger partial charge in [-0.25, -0.2) is 4.39 Å². The van der Waals surface area contributed by atoms with Gasteiger partial charge < -0.3 is 5.73 Å². The van der Waals surface area contributed by atoms with Gasteiger partial charge in [0.15, 0.2) is 0 Å². The van der Waals surface area contributed by atoms with Crippen molar-refractivity contribution >= 4 is 11.5 Å². The molecule has 16 heavy (non-hydrogen) atoms. The molecule has 2 aromatic rings. The molecule has 84 valence electrons. The molecule has 0 saturated carbocycles. The summed E-state index contributed by atoms with van der Waals surface area (Å²) in [6, 6.07) is 4.44. The molecule has 0 spiro atoms. The molecule has 1 aromatic heterocycles. The Morgan fingerprint density at radius 3 is 2.75 bits per heavy atom. The Hall–Kier alpha value is -1.33. The Morgan fingerprint density at radius 1 is 1.38 bits per heavy atom. The Morgan fingerprint density at radius 2 is 2.12 bits per heavy atom. The van der Waals surface area contributed by atoms with Crippen molar-refractivity contribution in [2.75, 3.05) is 0 Å². The third-order valence-electron chi connectivity index (χ3n) is 2.46. The van der Waals surface area contributed by atoms with E-state index in [4.69, 9.17) is 5.73 Å². The van der Waals surface area contributed by atoms with Gasteiger partial charge in [0.1, 0.15) is 5.82 Å². The molecule has 5 heteroatoms. The zero-order chi connectivity index (χ0) is 11.7. The van der Waals surface area contributed by atoms with Gasteiger partial charge in [0.2, 0.25) is 0 Å². The van der Waals surface area contributed by atoms with Crippen LogP contribution in [0.4, 0.5) is 4.39 Å². The van der Waals surface area contributed by atoms with Crippen LogP contribution in [0.25, 0.3) is 0 Å². The summed E-state index contributed by atoms with van der Waals surface area (Å²) in [7, 11) is 0. The molecule has 1 heterocycles. The van der Waals surface area contributed by atoms with Gasteiger partial charge in [0.25, 0.3) is 0 Å². The lowest BCUT2D eigenvalue weighted by atomic mass is 10.0. The number of nitrogens with two attached hydrogens (primary N) is 1. The maximum atomic E-state index is 13.6. The monoisotopic (exact) mass is 237 g/mol. The van der Waals surface area contributed by atoms with Crippen molar-refractivity contribution in [3.05, 3.63) is 45.7 Å². The average molecular weight is 237 g/mol. The molecule has 0 aliphatic rings. The van der Waals surface area contributed by atoms with Crippen molar-refractivity contribution < 1.29 is 4.39 Å². The summed E-state index contributed by atoms with van der Waals surface area (Å²) in [6.07, 6.45) is 0. The standard InChI is InChI=1S/C11H12FN3S/c1-6-3-4-9(12)8(5-6)10(13)11-7(2)14-15-16-11/h3-5,10H,13H2,1-2H3. The molecule has 3 nitrogen and oxygen atoms in total. The van der Waals surface area contributed by atoms with Crippen molar-refractivity contribution in [1.29, 1.82) is 0 Å². The summed E-state index contributed by atoms with van der Waals surface area (Å²) in [4.78, 5) is 0.810. The molecular formula is C11H12FN3S. The summed E-state index contributed by atoms with van der Waals surface area (Å²) in [6.45, 7) is 3.74. The van der Waals surface area contributed by atoms with E-state index in [0.29, 0.717) is 5.56 Å². The van der Waals surface area contributed by atoms with Crippen LogP contribution in [-0.4, -0.2) is 9.59 Å². The van der Waals surface area contributed by atoms with E-state index in [1.807, 2.05) is 13.8 Å². The first-order valence-electron chi connectivity index (χ1n) is 4.90. The summed E-state index contributed by atoms with van der Waals surface area (Å²) in [5.41, 5.74) is 8.27. The molecule has 2 N–H and O–H groups in total. The Labute approximate surface area is 97.3 Å². The smallest absolute Gasteiger partial charge is 0.128 e. The molecular weight excluding hydrogens is 225 g/mol. The van der Waals surface area contributed by atoms with Gasteiger partial charge in [0, 0.05) is 5.56 Å². The highest BCUT2D eigenvalue weighted by atomic mass is 32.1. The minimum atomic E-state index is -0.486. The van der Waals surface area contributed by atoms with E-state index < -0.39 is 6.04 Å². The van der Waals surface area contributed by atoms with Gasteiger partial charge in [-0.15, -0.1) is 5.10 Å². The van der Waals surface area contributed by atoms with E-state index in [1.165, 1.54) is 17.6 Å². The molecule has 2 rings (SSSR count). The van der Waals surface area contributed by atoms with E-state index in [9.17, 15) is 4.39 Å². The van der Waals surface area contributed by atoms with Gasteiger partial charge in [-0.05, 0) is 31.4 Å². The summed E-state index contributed by atoms with van der Waals surface area (Å²) in [5.74, 6) is -0.286. The van der Waals surface area contributed by atoms with Crippen LogP contribution in [0, 0.1) is 19.7 Å². The molecule has 0 bridgehead atoms. The van der Waals surface area contributed by atoms with Gasteiger partial charge in [0.05, 0.1) is 16.6 Å². The molecule has 1 unspecified atom stereocenters. The molecule has 1 aromatic carbocycles. The molecule has 0 aliphatic carbocycles. The second-order valence-corrected chi connectivity index (χ2v) is 4.51. The minimum Gasteiger partial charge on any atom is -0.319 e. The van der Waals surface area contributed by atoms with Crippen molar-refractivity contribution in [2.24, 2.45) is 5.73 Å². The number of hydrogen-bond donors (Lipinski definition) is 1. The normalized spacial score (nSPS) is 12.8. The van der Waals surface area contributed by atoms with E-state index in [-0.39, 0.29) is 5.82 Å². The van der Waals surface area contributed by atoms with Crippen LogP contribution < -0.4 is 5.73 Å². The molecule has 0 fully saturated rings. The highest BCUT2D eigenvalue weighted by Gasteiger charge is 2.18. The second kappa shape index (κ2) is 4.27. The lowest BCUT2D eigenvalue weighted by molar-refractivity contribution is 0.600. The zero-order valence-electron chi connectivity index (χ0n) is 9.07. The highest BCUT2D eigenvalue weighted by Crippen LogP contribution is 2.26. The first-order valence-corrected chi connectivity index (χ1v) is 5.67. The number of rotatable bonds is 2. The first kappa shape index (κ1) is 11.2. The van der Waals surface area contributed by atoms with Crippen LogP contribution in [0.5, 0.6) is 0 Å². The largest absolute Gasteiger partial charge is 0.319 e. The van der Waals surface area contributed by atoms with Crippen LogP contribution in [-0.2, 0) is 0 Å². The van der Waals surface area contributed by atoms with E-state index in [1.54, 1.807) is 12.1 Å². The average Bonchev–Trinajstić information content (AvgIpc) is 2.67. The van der Waals surface area contributed by atoms with Crippen LogP contribution >= 0.6 is 11.5 Å². The van der Waals surface area contributed by atoms with E-state index in [2.05, 4.69) is 9.59 Å². The number of hydrogen-bond acceptors (Lipinski definition) is 4. The number of nitrogens with zero attached hydrogens (tertiary/aromatic N) is 2. The number of aromatic nitrogens is 2. The van der Waals surface area contributed by atoms with Crippen molar-refractivity contribution in [2.45, 2.75) is 19.9 Å². The van der Waals surface area contributed by atoms with Gasteiger partial charge >= 0.3 is 0 Å². The van der Waals surface area contributed by atoms with Gasteiger partial charge in [-0.2, -0.15) is 0 Å². The maximum absolute atomic E-state index is 13.6. The number of halogens is 1. The highest BCUT2D eigenvalue weighted by molar-refractivity contribution is 7.05. The summed E-state index contributed by atoms with van der Waals surface area (Å²) in [5, 5.41) is 3.88. The molecule has 0 amide bonds. The third kappa shape index (κ3) is 1.96. The topological polar surface area (TPSA) is 51.8 Å². The van der Waals surface area contributed by atoms with E-state index >= 15 is 0 Å². The number of benzene rings is 1. The molecule has 0 aliphatic heterocycles. The van der Waals surface area contributed by atoms with Crippen molar-refractivity contribution in [3.8, 4) is 0 Å². The lowest BCUT2D eigenvalue weighted by Gasteiger charge is -2.11. The predicted octanol–water partition coefficient (Wildman–Crippen LogP) is 2.34. The minimum absolute atomic E-state index is 0.286. The zero-order valence-corrected chi connectivity index (χ0v) is 9.88. The lowest BCUT2D eigenvalue weighted by Crippen LogP contribution is -2.13. The first-order chi connectivity index (χ1) is 7.59. The predicted molar refractivity (Wildman–Crippen MR) is 61.8 cm³/mol. The fourth-order valence-corrected chi connectivity index (χ4v) is 2.23. The number of aryl methyl sites for hydroxylation is 2. The Bertz CT molecular complexity index is 510. The van der Waals surface area contributed by atoms with Crippen LogP contribution in [0.2, 0.25) is 0 Å². The maximum Gasteiger partial charge on any atom is 0.128 e. The molecule has 0 saturated heterocycles. The van der Waals surface area contributed by atoms with Crippen molar-refractivity contribution in [1.82, 2.24) is 9.59 Å². The molecule has 0 radical (unpaired) electrons. The van der Waals surface area contributed by atoms with Gasteiger partial charge in [-0.3, -0.25) is 0 Å². The Kier molecular flexibility index (Phi) is 2.98. The fourth-order valence-electron chi connectivity index (χ4n) is 1.57. The van der Waals surface area contributed by atoms with Gasteiger partial charge in [-0.1, -0.05) is 22.2 Å². The fraction of sp³-hybridized carbons (Fsp3) is 0.273. The summed E-state index contributed by atoms with van der Waals surface area (Å²) >= 11 is 1.21. The third-order valence-corrected chi connectivity index (χ3v) is 3.36. The van der Waals surface area contributed by atoms with Crippen molar-refractivity contribution in [3.63, 3.8) is 0 Å². The second-order valence-electron chi connectivity index (χ2n) is 3.73. The van der Waals surface area contributed by atoms with Crippen LogP contribution in [0.3, 0.4) is 0 Å². The quantitative estimate of drug-likeness (QED) is 0.872.